The van der Waals surface area contributed by atoms with Gasteiger partial charge in [-0.3, -0.25) is 14.4 Å². The molecular formula is C16H22N2O4. The minimum atomic E-state index is -0.766. The maximum Gasteiger partial charge on any atom is 0.254 e. The van der Waals surface area contributed by atoms with Gasteiger partial charge in [-0.2, -0.15) is 0 Å². The lowest BCUT2D eigenvalue weighted by atomic mass is 10.0. The number of amides is 2. The summed E-state index contributed by atoms with van der Waals surface area (Å²) in [5, 5.41) is 2.45. The van der Waals surface area contributed by atoms with Crippen LogP contribution in [0.25, 0.3) is 0 Å². The van der Waals surface area contributed by atoms with E-state index in [2.05, 4.69) is 18.5 Å². The monoisotopic (exact) mass is 306 g/mol. The average molecular weight is 306 g/mol. The number of hydrogen-bond acceptors (Lipinski definition) is 4. The van der Waals surface area contributed by atoms with Gasteiger partial charge in [-0.15, -0.1) is 0 Å². The summed E-state index contributed by atoms with van der Waals surface area (Å²) < 4.78 is 0. The molecular weight excluding hydrogens is 284 g/mol. The number of hydrogen-bond donors (Lipinski definition) is 1. The lowest BCUT2D eigenvalue weighted by Crippen LogP contribution is -2.40. The molecule has 0 aromatic carbocycles. The molecule has 6 heteroatoms. The molecule has 0 radical (unpaired) electrons. The highest BCUT2D eigenvalue weighted by Crippen LogP contribution is 2.16. The number of carbonyl (C=O) groups is 4. The summed E-state index contributed by atoms with van der Waals surface area (Å²) in [5.41, 5.74) is 0.652. The number of rotatable bonds is 9. The molecule has 0 rings (SSSR count). The second-order valence-electron chi connectivity index (χ2n) is 4.76. The van der Waals surface area contributed by atoms with E-state index in [4.69, 9.17) is 0 Å². The van der Waals surface area contributed by atoms with Crippen LogP contribution in [0.2, 0.25) is 0 Å². The van der Waals surface area contributed by atoms with Crippen LogP contribution in [-0.4, -0.2) is 49.4 Å². The van der Waals surface area contributed by atoms with Crippen LogP contribution in [0.4, 0.5) is 0 Å². The Morgan fingerprint density at radius 2 is 1.86 bits per heavy atom. The molecule has 0 saturated carbocycles. The summed E-state index contributed by atoms with van der Waals surface area (Å²) in [4.78, 5) is 47.2. The highest BCUT2D eigenvalue weighted by atomic mass is 16.2. The first kappa shape index (κ1) is 19.5. The molecule has 0 spiro atoms. The number of aldehydes is 2. The van der Waals surface area contributed by atoms with E-state index in [1.807, 2.05) is 0 Å². The van der Waals surface area contributed by atoms with Crippen LogP contribution >= 0.6 is 0 Å². The van der Waals surface area contributed by atoms with Gasteiger partial charge >= 0.3 is 0 Å². The topological polar surface area (TPSA) is 83.6 Å². The molecule has 0 aromatic heterocycles. The highest BCUT2D eigenvalue weighted by molar-refractivity contribution is 6.03. The second-order valence-corrected chi connectivity index (χ2v) is 4.76. The average Bonchev–Trinajstić information content (AvgIpc) is 2.51. The van der Waals surface area contributed by atoms with Crippen molar-refractivity contribution >= 4 is 24.4 Å². The van der Waals surface area contributed by atoms with E-state index in [1.54, 1.807) is 6.92 Å². The highest BCUT2D eigenvalue weighted by Gasteiger charge is 2.23. The quantitative estimate of drug-likeness (QED) is 0.388. The maximum absolute atomic E-state index is 12.4. The van der Waals surface area contributed by atoms with E-state index in [0.717, 1.165) is 0 Å². The Hall–Kier alpha value is -2.50. The Kier molecular flexibility index (Phi) is 8.37. The van der Waals surface area contributed by atoms with Crippen molar-refractivity contribution in [2.45, 2.75) is 25.8 Å². The Bertz CT molecular complexity index is 520. The second kappa shape index (κ2) is 9.44. The Morgan fingerprint density at radius 1 is 1.27 bits per heavy atom. The van der Waals surface area contributed by atoms with Crippen molar-refractivity contribution < 1.29 is 19.2 Å². The predicted octanol–water partition coefficient (Wildman–Crippen LogP) is 0.796. The van der Waals surface area contributed by atoms with Crippen molar-refractivity contribution in [1.82, 2.24) is 10.2 Å². The Balaban J connectivity index is 5.33. The van der Waals surface area contributed by atoms with Gasteiger partial charge in [0.25, 0.3) is 5.91 Å². The van der Waals surface area contributed by atoms with Gasteiger partial charge in [-0.1, -0.05) is 19.2 Å². The van der Waals surface area contributed by atoms with E-state index in [1.165, 1.54) is 25.1 Å². The molecule has 2 amide bonds. The molecule has 0 aliphatic rings. The number of nitrogens with one attached hydrogen (secondary N) is 1. The van der Waals surface area contributed by atoms with Crippen LogP contribution in [0, 0.1) is 0 Å². The number of carbonyl (C=O) groups excluding carboxylic acids is 4. The Labute approximate surface area is 130 Å². The van der Waals surface area contributed by atoms with Gasteiger partial charge < -0.3 is 15.0 Å². The molecule has 0 aliphatic heterocycles. The van der Waals surface area contributed by atoms with Crippen LogP contribution in [-0.2, 0) is 19.2 Å². The van der Waals surface area contributed by atoms with Gasteiger partial charge in [0.1, 0.15) is 6.29 Å². The molecule has 1 atom stereocenters. The van der Waals surface area contributed by atoms with Crippen LogP contribution < -0.4 is 5.32 Å². The van der Waals surface area contributed by atoms with Gasteiger partial charge in [-0.25, -0.2) is 0 Å². The first-order valence-corrected chi connectivity index (χ1v) is 6.74. The van der Waals surface area contributed by atoms with Crippen LogP contribution in [0.5, 0.6) is 0 Å². The molecule has 0 heterocycles. The van der Waals surface area contributed by atoms with Gasteiger partial charge in [0.05, 0.1) is 6.04 Å². The van der Waals surface area contributed by atoms with Gasteiger partial charge in [0, 0.05) is 31.7 Å². The largest absolute Gasteiger partial charge is 0.359 e. The standard InChI is InChI=1S/C16H22N2O4/c1-6-13(14(10-20)11(2)3)16(22)18(5)12(9-19)7-8-15(21)17-4/h6,9-10,12H,1-2,7-8H2,3-5H3,(H,17,21)/b14-13+. The number of likely N-dealkylation sites (N-methyl/N-ethyl adjacent to an activating group) is 1. The summed E-state index contributed by atoms with van der Waals surface area (Å²) in [6.45, 7) is 8.77. The molecule has 0 aromatic rings. The first-order chi connectivity index (χ1) is 10.3. The maximum atomic E-state index is 12.4. The molecule has 0 fully saturated rings. The normalized spacial score (nSPS) is 12.5. The van der Waals surface area contributed by atoms with E-state index in [9.17, 15) is 19.2 Å². The van der Waals surface area contributed by atoms with E-state index >= 15 is 0 Å². The van der Waals surface area contributed by atoms with Crippen LogP contribution in [0.1, 0.15) is 19.8 Å². The zero-order valence-corrected chi connectivity index (χ0v) is 13.2. The summed E-state index contributed by atoms with van der Waals surface area (Å²) in [5.74, 6) is -0.739. The third-order valence-corrected chi connectivity index (χ3v) is 3.22. The molecule has 120 valence electrons. The van der Waals surface area contributed by atoms with Gasteiger partial charge in [0.2, 0.25) is 5.91 Å². The molecule has 6 nitrogen and oxygen atoms in total. The summed E-state index contributed by atoms with van der Waals surface area (Å²) in [7, 11) is 2.94. The van der Waals surface area contributed by atoms with Crippen molar-refractivity contribution in [3.05, 3.63) is 36.0 Å². The third kappa shape index (κ3) is 5.12. The van der Waals surface area contributed by atoms with Crippen LogP contribution in [0.15, 0.2) is 36.0 Å². The van der Waals surface area contributed by atoms with Crippen LogP contribution in [0.3, 0.4) is 0 Å². The predicted molar refractivity (Wildman–Crippen MR) is 84.0 cm³/mol. The molecule has 22 heavy (non-hydrogen) atoms. The summed E-state index contributed by atoms with van der Waals surface area (Å²) in [6.07, 6.45) is 2.71. The smallest absolute Gasteiger partial charge is 0.254 e. The van der Waals surface area contributed by atoms with Crippen molar-refractivity contribution in [3.63, 3.8) is 0 Å². The third-order valence-electron chi connectivity index (χ3n) is 3.22. The van der Waals surface area contributed by atoms with Gasteiger partial charge in [-0.05, 0) is 18.9 Å². The molecule has 1 unspecified atom stereocenters. The zero-order chi connectivity index (χ0) is 17.3. The fourth-order valence-electron chi connectivity index (χ4n) is 1.80. The minimum Gasteiger partial charge on any atom is -0.359 e. The summed E-state index contributed by atoms with van der Waals surface area (Å²) >= 11 is 0. The molecule has 1 N–H and O–H groups in total. The number of nitrogens with zero attached hydrogens (tertiary/aromatic N) is 1. The fraction of sp³-hybridized carbons (Fsp3) is 0.375. The molecule has 0 saturated heterocycles. The fourth-order valence-corrected chi connectivity index (χ4v) is 1.80. The van der Waals surface area contributed by atoms with Crippen molar-refractivity contribution in [2.75, 3.05) is 14.1 Å². The van der Waals surface area contributed by atoms with Crippen molar-refractivity contribution in [1.29, 1.82) is 0 Å². The zero-order valence-electron chi connectivity index (χ0n) is 13.2. The van der Waals surface area contributed by atoms with E-state index in [0.29, 0.717) is 18.1 Å². The van der Waals surface area contributed by atoms with Crippen molar-refractivity contribution in [2.24, 2.45) is 0 Å². The first-order valence-electron chi connectivity index (χ1n) is 6.74. The lowest BCUT2D eigenvalue weighted by Gasteiger charge is -2.24. The molecule has 0 bridgehead atoms. The minimum absolute atomic E-state index is 0.0804. The Morgan fingerprint density at radius 3 is 2.23 bits per heavy atom. The van der Waals surface area contributed by atoms with E-state index in [-0.39, 0.29) is 29.9 Å². The van der Waals surface area contributed by atoms with E-state index < -0.39 is 11.9 Å². The molecule has 0 aliphatic carbocycles. The summed E-state index contributed by atoms with van der Waals surface area (Å²) in [6, 6.07) is -0.766. The SMILES string of the molecule is C=C/C(C(=O)N(C)C(C=O)CCC(=O)NC)=C(/C=O)C(=C)C. The lowest BCUT2D eigenvalue weighted by molar-refractivity contribution is -0.132. The van der Waals surface area contributed by atoms with Crippen molar-refractivity contribution in [3.8, 4) is 0 Å². The number of allylic oxidation sites excluding steroid dienone is 2. The van der Waals surface area contributed by atoms with Gasteiger partial charge in [0.15, 0.2) is 6.29 Å².